The maximum absolute atomic E-state index is 12.0. The van der Waals surface area contributed by atoms with Crippen molar-refractivity contribution >= 4 is 0 Å². The molecule has 0 saturated carbocycles. The molecule has 0 heterocycles. The van der Waals surface area contributed by atoms with E-state index >= 15 is 0 Å². The highest BCUT2D eigenvalue weighted by molar-refractivity contribution is 5.45. The van der Waals surface area contributed by atoms with Crippen LogP contribution in [0.25, 0.3) is 0 Å². The van der Waals surface area contributed by atoms with Gasteiger partial charge in [-0.15, -0.1) is 0 Å². The van der Waals surface area contributed by atoms with Crippen LogP contribution in [-0.4, -0.2) is 11.7 Å². The van der Waals surface area contributed by atoms with E-state index in [4.69, 9.17) is 0 Å². The van der Waals surface area contributed by atoms with Crippen LogP contribution >= 0.6 is 0 Å². The second-order valence-electron chi connectivity index (χ2n) is 3.70. The first-order valence-corrected chi connectivity index (χ1v) is 6.49. The summed E-state index contributed by atoms with van der Waals surface area (Å²) in [4.78, 5) is 0. The standard InChI is InChI=1S/C15H10F2O2.C2H6/c16-15(17)19-14-8-6-11(7-9-14)4-5-12-2-1-3-13(18)10-12;1-2/h1-3,6-10,15,18H;1-2H3. The van der Waals surface area contributed by atoms with Gasteiger partial charge in [-0.05, 0) is 42.5 Å². The molecule has 110 valence electrons. The molecule has 0 aliphatic heterocycles. The number of rotatable bonds is 2. The van der Waals surface area contributed by atoms with Crippen molar-refractivity contribution < 1.29 is 18.6 Å². The maximum atomic E-state index is 12.0. The molecule has 0 unspecified atom stereocenters. The van der Waals surface area contributed by atoms with E-state index in [-0.39, 0.29) is 11.5 Å². The van der Waals surface area contributed by atoms with Gasteiger partial charge in [0, 0.05) is 11.1 Å². The van der Waals surface area contributed by atoms with E-state index in [9.17, 15) is 13.9 Å². The van der Waals surface area contributed by atoms with Crippen molar-refractivity contribution in [2.75, 3.05) is 0 Å². The summed E-state index contributed by atoms with van der Waals surface area (Å²) in [6.07, 6.45) is 0. The van der Waals surface area contributed by atoms with Gasteiger partial charge in [-0.3, -0.25) is 0 Å². The molecule has 0 atom stereocenters. The fourth-order valence-electron chi connectivity index (χ4n) is 1.45. The summed E-state index contributed by atoms with van der Waals surface area (Å²) < 4.78 is 28.1. The summed E-state index contributed by atoms with van der Waals surface area (Å²) in [5.74, 6) is 5.97. The number of alkyl halides is 2. The number of halogens is 2. The third-order valence-electron chi connectivity index (χ3n) is 2.28. The largest absolute Gasteiger partial charge is 0.508 e. The average molecular weight is 290 g/mol. The first-order chi connectivity index (χ1) is 10.1. The summed E-state index contributed by atoms with van der Waals surface area (Å²) in [5.41, 5.74) is 1.35. The molecule has 0 radical (unpaired) electrons. The number of hydrogen-bond acceptors (Lipinski definition) is 2. The fraction of sp³-hybridized carbons (Fsp3) is 0.176. The lowest BCUT2D eigenvalue weighted by Crippen LogP contribution is -2.01. The molecule has 2 rings (SSSR count). The van der Waals surface area contributed by atoms with Crippen molar-refractivity contribution in [2.24, 2.45) is 0 Å². The van der Waals surface area contributed by atoms with Gasteiger partial charge in [0.2, 0.25) is 0 Å². The van der Waals surface area contributed by atoms with Gasteiger partial charge >= 0.3 is 6.61 Å². The second-order valence-corrected chi connectivity index (χ2v) is 3.70. The topological polar surface area (TPSA) is 29.5 Å². The van der Waals surface area contributed by atoms with Crippen LogP contribution in [0.15, 0.2) is 48.5 Å². The van der Waals surface area contributed by atoms with Gasteiger partial charge in [0.15, 0.2) is 0 Å². The van der Waals surface area contributed by atoms with E-state index in [0.717, 1.165) is 0 Å². The molecule has 0 saturated heterocycles. The fourth-order valence-corrected chi connectivity index (χ4v) is 1.45. The Morgan fingerprint density at radius 2 is 1.57 bits per heavy atom. The van der Waals surface area contributed by atoms with Crippen molar-refractivity contribution in [2.45, 2.75) is 20.5 Å². The van der Waals surface area contributed by atoms with Crippen LogP contribution in [0.2, 0.25) is 0 Å². The average Bonchev–Trinajstić information content (AvgIpc) is 2.48. The molecular formula is C17H16F2O2. The van der Waals surface area contributed by atoms with Gasteiger partial charge in [-0.1, -0.05) is 31.8 Å². The minimum absolute atomic E-state index is 0.0953. The van der Waals surface area contributed by atoms with Crippen molar-refractivity contribution in [1.29, 1.82) is 0 Å². The molecule has 0 bridgehead atoms. The number of phenols is 1. The molecule has 0 amide bonds. The van der Waals surface area contributed by atoms with Crippen LogP contribution in [0, 0.1) is 11.8 Å². The molecule has 2 aromatic rings. The maximum Gasteiger partial charge on any atom is 0.387 e. The monoisotopic (exact) mass is 290 g/mol. The summed E-state index contributed by atoms with van der Waals surface area (Å²) >= 11 is 0. The predicted octanol–water partition coefficient (Wildman–Crippen LogP) is 4.42. The van der Waals surface area contributed by atoms with Crippen LogP contribution in [-0.2, 0) is 0 Å². The van der Waals surface area contributed by atoms with Crippen LogP contribution in [0.4, 0.5) is 8.78 Å². The Morgan fingerprint density at radius 1 is 0.952 bits per heavy atom. The van der Waals surface area contributed by atoms with E-state index in [1.54, 1.807) is 36.4 Å². The Morgan fingerprint density at radius 3 is 2.14 bits per heavy atom. The number of hydrogen-bond donors (Lipinski definition) is 1. The molecule has 21 heavy (non-hydrogen) atoms. The summed E-state index contributed by atoms with van der Waals surface area (Å²) in [7, 11) is 0. The smallest absolute Gasteiger partial charge is 0.387 e. The van der Waals surface area contributed by atoms with Crippen molar-refractivity contribution in [3.05, 3.63) is 59.7 Å². The summed E-state index contributed by atoms with van der Waals surface area (Å²) in [6, 6.07) is 12.6. The Balaban J connectivity index is 0.00000106. The third-order valence-corrected chi connectivity index (χ3v) is 2.28. The molecule has 1 N–H and O–H groups in total. The van der Waals surface area contributed by atoms with E-state index < -0.39 is 6.61 Å². The van der Waals surface area contributed by atoms with Crippen molar-refractivity contribution in [3.63, 3.8) is 0 Å². The number of ether oxygens (including phenoxy) is 1. The van der Waals surface area contributed by atoms with E-state index in [2.05, 4.69) is 16.6 Å². The van der Waals surface area contributed by atoms with Gasteiger partial charge in [0.25, 0.3) is 0 Å². The SMILES string of the molecule is CC.Oc1cccc(C#Cc2ccc(OC(F)F)cc2)c1. The van der Waals surface area contributed by atoms with E-state index in [1.807, 2.05) is 13.8 Å². The highest BCUT2D eigenvalue weighted by Crippen LogP contribution is 2.14. The zero-order valence-electron chi connectivity index (χ0n) is 11.8. The first kappa shape index (κ1) is 16.5. The van der Waals surface area contributed by atoms with Gasteiger partial charge in [-0.2, -0.15) is 8.78 Å². The van der Waals surface area contributed by atoms with E-state index in [0.29, 0.717) is 11.1 Å². The first-order valence-electron chi connectivity index (χ1n) is 6.49. The van der Waals surface area contributed by atoms with Gasteiger partial charge < -0.3 is 9.84 Å². The van der Waals surface area contributed by atoms with Gasteiger partial charge in [0.05, 0.1) is 0 Å². The van der Waals surface area contributed by atoms with Crippen molar-refractivity contribution in [1.82, 2.24) is 0 Å². The molecule has 0 aliphatic rings. The predicted molar refractivity (Wildman–Crippen MR) is 78.5 cm³/mol. The Bertz CT molecular complexity index is 611. The lowest BCUT2D eigenvalue weighted by Gasteiger charge is -2.03. The zero-order valence-corrected chi connectivity index (χ0v) is 11.8. The number of phenolic OH excluding ortho intramolecular Hbond substituents is 1. The van der Waals surface area contributed by atoms with Crippen LogP contribution < -0.4 is 4.74 Å². The molecule has 2 aromatic carbocycles. The molecule has 0 aromatic heterocycles. The Hall–Kier alpha value is -2.54. The van der Waals surface area contributed by atoms with Crippen LogP contribution in [0.3, 0.4) is 0 Å². The lowest BCUT2D eigenvalue weighted by molar-refractivity contribution is -0.0498. The molecule has 0 fully saturated rings. The Kier molecular flexibility index (Phi) is 6.76. The molecule has 0 aliphatic carbocycles. The highest BCUT2D eigenvalue weighted by Gasteiger charge is 2.02. The Labute approximate surface area is 123 Å². The molecule has 4 heteroatoms. The normalized spacial score (nSPS) is 9.19. The van der Waals surface area contributed by atoms with Crippen LogP contribution in [0.1, 0.15) is 25.0 Å². The van der Waals surface area contributed by atoms with Gasteiger partial charge in [-0.25, -0.2) is 0 Å². The summed E-state index contributed by atoms with van der Waals surface area (Å²) in [6.45, 7) is 1.17. The molecular weight excluding hydrogens is 274 g/mol. The quantitative estimate of drug-likeness (QED) is 0.830. The minimum Gasteiger partial charge on any atom is -0.508 e. The minimum atomic E-state index is -2.83. The highest BCUT2D eigenvalue weighted by atomic mass is 19.3. The second kappa shape index (κ2) is 8.60. The third kappa shape index (κ3) is 5.96. The van der Waals surface area contributed by atoms with Crippen LogP contribution in [0.5, 0.6) is 11.5 Å². The van der Waals surface area contributed by atoms with Gasteiger partial charge in [0.1, 0.15) is 11.5 Å². The van der Waals surface area contributed by atoms with Crippen molar-refractivity contribution in [3.8, 4) is 23.3 Å². The number of aromatic hydroxyl groups is 1. The molecule has 2 nitrogen and oxygen atoms in total. The zero-order chi connectivity index (χ0) is 15.7. The number of benzene rings is 2. The van der Waals surface area contributed by atoms with E-state index in [1.165, 1.54) is 12.1 Å². The summed E-state index contributed by atoms with van der Waals surface area (Å²) in [5, 5.41) is 9.28. The lowest BCUT2D eigenvalue weighted by atomic mass is 10.2. The molecule has 0 spiro atoms.